The summed E-state index contributed by atoms with van der Waals surface area (Å²) in [5.74, 6) is 1.67. The van der Waals surface area contributed by atoms with Gasteiger partial charge < -0.3 is 5.11 Å². The zero-order chi connectivity index (χ0) is 9.84. The van der Waals surface area contributed by atoms with Crippen LogP contribution in [0.3, 0.4) is 0 Å². The second kappa shape index (κ2) is 4.82. The minimum Gasteiger partial charge on any atom is -0.508 e. The molecule has 0 unspecified atom stereocenters. The molecule has 0 radical (unpaired) electrons. The average Bonchev–Trinajstić information content (AvgIpc) is 2.04. The Bertz CT molecular complexity index is 284. The summed E-state index contributed by atoms with van der Waals surface area (Å²) in [6.07, 6.45) is 0. The highest BCUT2D eigenvalue weighted by molar-refractivity contribution is 8.68. The van der Waals surface area contributed by atoms with Crippen molar-refractivity contribution in [1.29, 1.82) is 0 Å². The number of phenols is 1. The number of thiol groups is 1. The summed E-state index contributed by atoms with van der Waals surface area (Å²) in [5.41, 5.74) is 2.47. The molecular formula is C10H14OS2. The normalized spacial score (nSPS) is 10.8. The maximum Gasteiger partial charge on any atom is 0.115 e. The molecule has 0 heterocycles. The topological polar surface area (TPSA) is 20.2 Å². The Morgan fingerprint density at radius 2 is 2.15 bits per heavy atom. The quantitative estimate of drug-likeness (QED) is 0.592. The van der Waals surface area contributed by atoms with Crippen LogP contribution in [0, 0.1) is 0 Å². The third kappa shape index (κ3) is 2.85. The first kappa shape index (κ1) is 10.8. The molecular weight excluding hydrogens is 200 g/mol. The van der Waals surface area contributed by atoms with Crippen LogP contribution in [-0.2, 0) is 5.75 Å². The fourth-order valence-corrected chi connectivity index (χ4v) is 2.16. The molecule has 0 saturated carbocycles. The summed E-state index contributed by atoms with van der Waals surface area (Å²) in [5, 5.41) is 9.31. The lowest BCUT2D eigenvalue weighted by Gasteiger charge is -2.11. The van der Waals surface area contributed by atoms with Crippen LogP contribution in [0.4, 0.5) is 0 Å². The van der Waals surface area contributed by atoms with E-state index in [0.29, 0.717) is 11.7 Å². The summed E-state index contributed by atoms with van der Waals surface area (Å²) < 4.78 is 0. The second-order valence-electron chi connectivity index (χ2n) is 3.31. The van der Waals surface area contributed by atoms with Crippen LogP contribution in [0.2, 0.25) is 0 Å². The fraction of sp³-hybridized carbons (Fsp3) is 0.400. The summed E-state index contributed by atoms with van der Waals surface area (Å²) in [6, 6.07) is 5.54. The number of hydrogen-bond acceptors (Lipinski definition) is 3. The lowest BCUT2D eigenvalue weighted by molar-refractivity contribution is 0.474. The molecule has 1 N–H and O–H groups in total. The van der Waals surface area contributed by atoms with E-state index in [0.717, 1.165) is 5.75 Å². The first-order valence-electron chi connectivity index (χ1n) is 4.23. The van der Waals surface area contributed by atoms with E-state index in [1.165, 1.54) is 21.9 Å². The molecule has 0 aliphatic heterocycles. The molecule has 72 valence electrons. The molecule has 0 fully saturated rings. The van der Waals surface area contributed by atoms with Gasteiger partial charge in [0.15, 0.2) is 0 Å². The Kier molecular flexibility index (Phi) is 4.00. The molecule has 0 atom stereocenters. The summed E-state index contributed by atoms with van der Waals surface area (Å²) in [4.78, 5) is 0. The first-order chi connectivity index (χ1) is 6.15. The highest BCUT2D eigenvalue weighted by Crippen LogP contribution is 2.27. The van der Waals surface area contributed by atoms with Gasteiger partial charge in [-0.1, -0.05) is 30.7 Å². The highest BCUT2D eigenvalue weighted by Gasteiger charge is 2.06. The number of aromatic hydroxyl groups is 1. The zero-order valence-electron chi connectivity index (χ0n) is 7.82. The van der Waals surface area contributed by atoms with Crippen molar-refractivity contribution >= 4 is 22.5 Å². The van der Waals surface area contributed by atoms with Crippen molar-refractivity contribution in [2.45, 2.75) is 25.5 Å². The molecule has 1 rings (SSSR count). The highest BCUT2D eigenvalue weighted by atomic mass is 33.1. The van der Waals surface area contributed by atoms with Crippen LogP contribution in [-0.4, -0.2) is 5.11 Å². The van der Waals surface area contributed by atoms with Gasteiger partial charge in [-0.05, 0) is 29.2 Å². The van der Waals surface area contributed by atoms with E-state index < -0.39 is 0 Å². The largest absolute Gasteiger partial charge is 0.508 e. The van der Waals surface area contributed by atoms with Gasteiger partial charge in [0.05, 0.1) is 0 Å². The average molecular weight is 214 g/mol. The van der Waals surface area contributed by atoms with E-state index in [2.05, 4.69) is 25.5 Å². The summed E-state index contributed by atoms with van der Waals surface area (Å²) >= 11 is 4.12. The van der Waals surface area contributed by atoms with Gasteiger partial charge in [0.25, 0.3) is 0 Å². The van der Waals surface area contributed by atoms with Crippen LogP contribution in [0.5, 0.6) is 5.75 Å². The SMILES string of the molecule is CC(C)c1ccc(O)cc1CSS. The summed E-state index contributed by atoms with van der Waals surface area (Å²) in [7, 11) is 1.48. The fourth-order valence-electron chi connectivity index (χ4n) is 1.35. The van der Waals surface area contributed by atoms with E-state index in [9.17, 15) is 5.11 Å². The summed E-state index contributed by atoms with van der Waals surface area (Å²) in [6.45, 7) is 4.30. The number of phenolic OH excluding ortho intramolecular Hbond substituents is 1. The zero-order valence-corrected chi connectivity index (χ0v) is 9.53. The van der Waals surface area contributed by atoms with Crippen LogP contribution >= 0.6 is 22.5 Å². The van der Waals surface area contributed by atoms with E-state index in [1.807, 2.05) is 12.1 Å². The monoisotopic (exact) mass is 214 g/mol. The van der Waals surface area contributed by atoms with Gasteiger partial charge in [-0.15, -0.1) is 11.7 Å². The molecule has 0 amide bonds. The lowest BCUT2D eigenvalue weighted by atomic mass is 9.98. The van der Waals surface area contributed by atoms with Crippen molar-refractivity contribution in [2.24, 2.45) is 0 Å². The molecule has 13 heavy (non-hydrogen) atoms. The maximum absolute atomic E-state index is 9.31. The maximum atomic E-state index is 9.31. The van der Waals surface area contributed by atoms with Crippen molar-refractivity contribution in [3.63, 3.8) is 0 Å². The number of benzene rings is 1. The van der Waals surface area contributed by atoms with Crippen molar-refractivity contribution in [1.82, 2.24) is 0 Å². The smallest absolute Gasteiger partial charge is 0.115 e. The van der Waals surface area contributed by atoms with Gasteiger partial charge in [0.1, 0.15) is 5.75 Å². The Hall–Kier alpha value is -0.280. The van der Waals surface area contributed by atoms with E-state index in [-0.39, 0.29) is 0 Å². The van der Waals surface area contributed by atoms with E-state index in [1.54, 1.807) is 6.07 Å². The Labute approximate surface area is 88.4 Å². The third-order valence-electron chi connectivity index (χ3n) is 1.97. The van der Waals surface area contributed by atoms with Crippen LogP contribution < -0.4 is 0 Å². The molecule has 3 heteroatoms. The lowest BCUT2D eigenvalue weighted by Crippen LogP contribution is -1.93. The Balaban J connectivity index is 3.03. The minimum absolute atomic E-state index is 0.335. The minimum atomic E-state index is 0.335. The molecule has 0 spiro atoms. The molecule has 0 aromatic heterocycles. The van der Waals surface area contributed by atoms with Crippen LogP contribution in [0.25, 0.3) is 0 Å². The standard InChI is InChI=1S/C10H14OS2/c1-7(2)10-4-3-9(11)5-8(10)6-13-12/h3-5,7,11-12H,6H2,1-2H3. The predicted molar refractivity (Wildman–Crippen MR) is 62.5 cm³/mol. The van der Waals surface area contributed by atoms with Crippen molar-refractivity contribution in [2.75, 3.05) is 0 Å². The predicted octanol–water partition coefficient (Wildman–Crippen LogP) is 3.59. The van der Waals surface area contributed by atoms with Gasteiger partial charge in [0, 0.05) is 5.75 Å². The molecule has 1 aromatic carbocycles. The van der Waals surface area contributed by atoms with Crippen molar-refractivity contribution in [3.05, 3.63) is 29.3 Å². The van der Waals surface area contributed by atoms with Gasteiger partial charge in [0.2, 0.25) is 0 Å². The molecule has 0 saturated heterocycles. The third-order valence-corrected chi connectivity index (χ3v) is 2.80. The van der Waals surface area contributed by atoms with Crippen LogP contribution in [0.1, 0.15) is 30.9 Å². The number of hydrogen-bond donors (Lipinski definition) is 2. The molecule has 1 nitrogen and oxygen atoms in total. The van der Waals surface area contributed by atoms with Crippen molar-refractivity contribution in [3.8, 4) is 5.75 Å². The molecule has 0 bridgehead atoms. The van der Waals surface area contributed by atoms with E-state index >= 15 is 0 Å². The molecule has 1 aromatic rings. The number of rotatable bonds is 3. The van der Waals surface area contributed by atoms with Gasteiger partial charge in [-0.3, -0.25) is 0 Å². The van der Waals surface area contributed by atoms with Crippen molar-refractivity contribution < 1.29 is 5.11 Å². The Morgan fingerprint density at radius 3 is 2.69 bits per heavy atom. The van der Waals surface area contributed by atoms with Gasteiger partial charge in [-0.25, -0.2) is 0 Å². The van der Waals surface area contributed by atoms with Gasteiger partial charge >= 0.3 is 0 Å². The molecule has 0 aliphatic carbocycles. The van der Waals surface area contributed by atoms with Crippen LogP contribution in [0.15, 0.2) is 18.2 Å². The van der Waals surface area contributed by atoms with Gasteiger partial charge in [-0.2, -0.15) is 0 Å². The molecule has 0 aliphatic rings. The second-order valence-corrected chi connectivity index (χ2v) is 4.63. The Morgan fingerprint density at radius 1 is 1.46 bits per heavy atom. The first-order valence-corrected chi connectivity index (χ1v) is 6.27. The van der Waals surface area contributed by atoms with E-state index in [4.69, 9.17) is 0 Å².